The Morgan fingerprint density at radius 3 is 2.90 bits per heavy atom. The van der Waals surface area contributed by atoms with Crippen LogP contribution >= 0.6 is 0 Å². The predicted molar refractivity (Wildman–Crippen MR) is 79.3 cm³/mol. The standard InChI is InChI=1S/C17H15N3O/c18-8-12-2-1-3-13(6-12)9-20-17(21)14-4-5-15-10-19-11-16(15)7-14/h1-7,19H,9-11H2,(H,20,21). The Bertz CT molecular complexity index is 731. The maximum atomic E-state index is 12.2. The number of hydrogen-bond acceptors (Lipinski definition) is 3. The third-order valence-electron chi connectivity index (χ3n) is 3.61. The van der Waals surface area contributed by atoms with Crippen molar-refractivity contribution in [1.29, 1.82) is 5.26 Å². The zero-order valence-electron chi connectivity index (χ0n) is 11.5. The minimum atomic E-state index is -0.0907. The summed E-state index contributed by atoms with van der Waals surface area (Å²) in [6, 6.07) is 15.1. The monoisotopic (exact) mass is 277 g/mol. The molecule has 0 bridgehead atoms. The van der Waals surface area contributed by atoms with Crippen LogP contribution in [0.15, 0.2) is 42.5 Å². The lowest BCUT2D eigenvalue weighted by Crippen LogP contribution is -2.23. The van der Waals surface area contributed by atoms with Gasteiger partial charge in [0.15, 0.2) is 0 Å². The van der Waals surface area contributed by atoms with Crippen molar-refractivity contribution in [2.75, 3.05) is 0 Å². The topological polar surface area (TPSA) is 64.9 Å². The summed E-state index contributed by atoms with van der Waals surface area (Å²) < 4.78 is 0. The highest BCUT2D eigenvalue weighted by atomic mass is 16.1. The zero-order chi connectivity index (χ0) is 14.7. The van der Waals surface area contributed by atoms with Crippen LogP contribution in [0.25, 0.3) is 0 Å². The Kier molecular flexibility index (Phi) is 3.67. The van der Waals surface area contributed by atoms with Crippen molar-refractivity contribution in [1.82, 2.24) is 10.6 Å². The Morgan fingerprint density at radius 2 is 2.05 bits per heavy atom. The zero-order valence-corrected chi connectivity index (χ0v) is 11.5. The molecule has 1 aliphatic rings. The van der Waals surface area contributed by atoms with Crippen LogP contribution in [0, 0.1) is 11.3 Å². The molecule has 1 aliphatic heterocycles. The summed E-state index contributed by atoms with van der Waals surface area (Å²) in [7, 11) is 0. The number of nitriles is 1. The van der Waals surface area contributed by atoms with Crippen molar-refractivity contribution in [3.05, 3.63) is 70.3 Å². The van der Waals surface area contributed by atoms with E-state index in [4.69, 9.17) is 5.26 Å². The second kappa shape index (κ2) is 5.78. The first kappa shape index (κ1) is 13.3. The number of nitrogens with one attached hydrogen (secondary N) is 2. The molecular weight excluding hydrogens is 262 g/mol. The molecular formula is C17H15N3O. The molecule has 0 aliphatic carbocycles. The van der Waals surface area contributed by atoms with Gasteiger partial charge in [-0.1, -0.05) is 18.2 Å². The number of fused-ring (bicyclic) bond motifs is 1. The van der Waals surface area contributed by atoms with Gasteiger partial charge in [0.1, 0.15) is 0 Å². The van der Waals surface area contributed by atoms with E-state index in [2.05, 4.69) is 16.7 Å². The molecule has 0 spiro atoms. The lowest BCUT2D eigenvalue weighted by Gasteiger charge is -2.07. The minimum absolute atomic E-state index is 0.0907. The van der Waals surface area contributed by atoms with Gasteiger partial charge in [0, 0.05) is 25.2 Å². The van der Waals surface area contributed by atoms with E-state index in [1.165, 1.54) is 11.1 Å². The molecule has 0 saturated heterocycles. The SMILES string of the molecule is N#Cc1cccc(CNC(=O)c2ccc3c(c2)CNC3)c1. The van der Waals surface area contributed by atoms with Crippen LogP contribution in [-0.2, 0) is 19.6 Å². The highest BCUT2D eigenvalue weighted by Crippen LogP contribution is 2.17. The van der Waals surface area contributed by atoms with Crippen molar-refractivity contribution in [3.8, 4) is 6.07 Å². The summed E-state index contributed by atoms with van der Waals surface area (Å²) in [6.07, 6.45) is 0. The van der Waals surface area contributed by atoms with Crippen molar-refractivity contribution < 1.29 is 4.79 Å². The number of rotatable bonds is 3. The van der Waals surface area contributed by atoms with Gasteiger partial charge in [-0.3, -0.25) is 4.79 Å². The predicted octanol–water partition coefficient (Wildman–Crippen LogP) is 2.09. The molecule has 2 N–H and O–H groups in total. The maximum absolute atomic E-state index is 12.2. The van der Waals surface area contributed by atoms with E-state index in [0.717, 1.165) is 18.7 Å². The maximum Gasteiger partial charge on any atom is 0.251 e. The molecule has 0 aromatic heterocycles. The summed E-state index contributed by atoms with van der Waals surface area (Å²) in [5.41, 5.74) is 4.65. The first-order chi connectivity index (χ1) is 10.3. The largest absolute Gasteiger partial charge is 0.348 e. The average Bonchev–Trinajstić information content (AvgIpc) is 3.00. The fourth-order valence-corrected chi connectivity index (χ4v) is 2.47. The van der Waals surface area contributed by atoms with Gasteiger partial charge in [-0.25, -0.2) is 0 Å². The second-order valence-electron chi connectivity index (χ2n) is 5.08. The first-order valence-electron chi connectivity index (χ1n) is 6.86. The number of hydrogen-bond donors (Lipinski definition) is 2. The molecule has 0 radical (unpaired) electrons. The Balaban J connectivity index is 1.68. The van der Waals surface area contributed by atoms with Crippen molar-refractivity contribution in [2.45, 2.75) is 19.6 Å². The molecule has 21 heavy (non-hydrogen) atoms. The lowest BCUT2D eigenvalue weighted by molar-refractivity contribution is 0.0951. The molecule has 0 unspecified atom stereocenters. The van der Waals surface area contributed by atoms with Crippen LogP contribution in [-0.4, -0.2) is 5.91 Å². The molecule has 104 valence electrons. The summed E-state index contributed by atoms with van der Waals surface area (Å²) in [5.74, 6) is -0.0907. The van der Waals surface area contributed by atoms with Gasteiger partial charge >= 0.3 is 0 Å². The third-order valence-corrected chi connectivity index (χ3v) is 3.61. The molecule has 3 rings (SSSR count). The number of nitrogens with zero attached hydrogens (tertiary/aromatic N) is 1. The highest BCUT2D eigenvalue weighted by molar-refractivity contribution is 5.94. The first-order valence-corrected chi connectivity index (χ1v) is 6.86. The second-order valence-corrected chi connectivity index (χ2v) is 5.08. The molecule has 2 aromatic rings. The smallest absolute Gasteiger partial charge is 0.251 e. The van der Waals surface area contributed by atoms with Gasteiger partial charge in [-0.2, -0.15) is 5.26 Å². The molecule has 4 nitrogen and oxygen atoms in total. The fraction of sp³-hybridized carbons (Fsp3) is 0.176. The van der Waals surface area contributed by atoms with Crippen LogP contribution in [0.1, 0.15) is 32.6 Å². The van der Waals surface area contributed by atoms with Crippen LogP contribution < -0.4 is 10.6 Å². The van der Waals surface area contributed by atoms with Crippen molar-refractivity contribution >= 4 is 5.91 Å². The quantitative estimate of drug-likeness (QED) is 0.903. The minimum Gasteiger partial charge on any atom is -0.348 e. The van der Waals surface area contributed by atoms with E-state index in [0.29, 0.717) is 17.7 Å². The Morgan fingerprint density at radius 1 is 1.19 bits per heavy atom. The van der Waals surface area contributed by atoms with Crippen LogP contribution in [0.5, 0.6) is 0 Å². The average molecular weight is 277 g/mol. The van der Waals surface area contributed by atoms with E-state index in [1.807, 2.05) is 30.3 Å². The Labute approximate surface area is 123 Å². The van der Waals surface area contributed by atoms with Crippen molar-refractivity contribution in [2.24, 2.45) is 0 Å². The van der Waals surface area contributed by atoms with E-state index >= 15 is 0 Å². The van der Waals surface area contributed by atoms with E-state index in [9.17, 15) is 4.79 Å². The fourth-order valence-electron chi connectivity index (χ4n) is 2.47. The van der Waals surface area contributed by atoms with Crippen LogP contribution in [0.2, 0.25) is 0 Å². The number of carbonyl (C=O) groups excluding carboxylic acids is 1. The normalized spacial score (nSPS) is 12.5. The van der Waals surface area contributed by atoms with Gasteiger partial charge in [-0.15, -0.1) is 0 Å². The highest BCUT2D eigenvalue weighted by Gasteiger charge is 2.13. The molecule has 4 heteroatoms. The van der Waals surface area contributed by atoms with Gasteiger partial charge < -0.3 is 10.6 Å². The molecule has 0 saturated carbocycles. The molecule has 0 fully saturated rings. The third kappa shape index (κ3) is 2.93. The van der Waals surface area contributed by atoms with Gasteiger partial charge in [-0.05, 0) is 41.0 Å². The summed E-state index contributed by atoms with van der Waals surface area (Å²) in [6.45, 7) is 2.11. The van der Waals surface area contributed by atoms with E-state index < -0.39 is 0 Å². The van der Waals surface area contributed by atoms with Gasteiger partial charge in [0.25, 0.3) is 5.91 Å². The molecule has 1 amide bonds. The summed E-state index contributed by atoms with van der Waals surface area (Å²) in [5, 5.41) is 15.0. The summed E-state index contributed by atoms with van der Waals surface area (Å²) in [4.78, 5) is 12.2. The summed E-state index contributed by atoms with van der Waals surface area (Å²) >= 11 is 0. The van der Waals surface area contributed by atoms with Gasteiger partial charge in [0.05, 0.1) is 11.6 Å². The van der Waals surface area contributed by atoms with Crippen molar-refractivity contribution in [3.63, 3.8) is 0 Å². The van der Waals surface area contributed by atoms with Crippen LogP contribution in [0.4, 0.5) is 0 Å². The van der Waals surface area contributed by atoms with Crippen LogP contribution in [0.3, 0.4) is 0 Å². The molecule has 1 heterocycles. The Hall–Kier alpha value is -2.64. The number of amides is 1. The lowest BCUT2D eigenvalue weighted by atomic mass is 10.1. The molecule has 2 aromatic carbocycles. The van der Waals surface area contributed by atoms with Gasteiger partial charge in [0.2, 0.25) is 0 Å². The number of carbonyl (C=O) groups is 1. The molecule has 0 atom stereocenters. The van der Waals surface area contributed by atoms with E-state index in [-0.39, 0.29) is 5.91 Å². The van der Waals surface area contributed by atoms with E-state index in [1.54, 1.807) is 12.1 Å². The number of benzene rings is 2.